The van der Waals surface area contributed by atoms with Gasteiger partial charge in [-0.3, -0.25) is 0 Å². The van der Waals surface area contributed by atoms with E-state index in [1.165, 1.54) is 5.69 Å². The molecule has 1 unspecified atom stereocenters. The largest absolute Gasteiger partial charge is 0.332 e. The molecule has 0 radical (unpaired) electrons. The molecule has 3 heteroatoms. The second-order valence-corrected chi connectivity index (χ2v) is 3.09. The van der Waals surface area contributed by atoms with Crippen LogP contribution in [0.2, 0.25) is 0 Å². The minimum atomic E-state index is 0.536. The van der Waals surface area contributed by atoms with Crippen LogP contribution in [0.4, 0.5) is 0 Å². The summed E-state index contributed by atoms with van der Waals surface area (Å²) in [5.41, 5.74) is 6.73. The fourth-order valence-electron chi connectivity index (χ4n) is 1.27. The summed E-state index contributed by atoms with van der Waals surface area (Å²) in [7, 11) is 0. The molecule has 0 aliphatic rings. The summed E-state index contributed by atoms with van der Waals surface area (Å²) >= 11 is 0. The van der Waals surface area contributed by atoms with Gasteiger partial charge in [0.2, 0.25) is 0 Å². The van der Waals surface area contributed by atoms with Crippen LogP contribution in [0.5, 0.6) is 0 Å². The third-order valence-corrected chi connectivity index (χ3v) is 2.21. The average molecular weight is 167 g/mol. The van der Waals surface area contributed by atoms with Gasteiger partial charge in [-0.25, -0.2) is 4.98 Å². The quantitative estimate of drug-likeness (QED) is 0.735. The lowest BCUT2D eigenvalue weighted by molar-refractivity contribution is 0.512. The Kier molecular flexibility index (Phi) is 3.29. The SMILES string of the molecule is CCC(C)n1cncc1CCN. The average Bonchev–Trinajstić information content (AvgIpc) is 2.52. The van der Waals surface area contributed by atoms with E-state index in [1.807, 2.05) is 12.5 Å². The standard InChI is InChI=1S/C9H17N3/c1-3-8(2)12-7-11-6-9(12)4-5-10/h6-8H,3-5,10H2,1-2H3. The molecule has 12 heavy (non-hydrogen) atoms. The van der Waals surface area contributed by atoms with Crippen molar-refractivity contribution in [1.29, 1.82) is 0 Å². The van der Waals surface area contributed by atoms with E-state index in [1.54, 1.807) is 0 Å². The van der Waals surface area contributed by atoms with Gasteiger partial charge in [0, 0.05) is 24.4 Å². The molecule has 1 rings (SSSR count). The molecule has 0 spiro atoms. The van der Waals surface area contributed by atoms with E-state index < -0.39 is 0 Å². The first-order chi connectivity index (χ1) is 5.79. The number of nitrogens with two attached hydrogens (primary N) is 1. The molecule has 1 atom stereocenters. The van der Waals surface area contributed by atoms with Crippen LogP contribution in [-0.4, -0.2) is 16.1 Å². The maximum atomic E-state index is 5.49. The number of hydrogen-bond donors (Lipinski definition) is 1. The van der Waals surface area contributed by atoms with E-state index in [4.69, 9.17) is 5.73 Å². The molecular weight excluding hydrogens is 150 g/mol. The molecule has 0 saturated heterocycles. The number of nitrogens with zero attached hydrogens (tertiary/aromatic N) is 2. The van der Waals surface area contributed by atoms with E-state index in [9.17, 15) is 0 Å². The van der Waals surface area contributed by atoms with Crippen LogP contribution < -0.4 is 5.73 Å². The first-order valence-electron chi connectivity index (χ1n) is 4.50. The summed E-state index contributed by atoms with van der Waals surface area (Å²) in [6, 6.07) is 0.536. The van der Waals surface area contributed by atoms with Crippen LogP contribution >= 0.6 is 0 Å². The van der Waals surface area contributed by atoms with Gasteiger partial charge in [-0.15, -0.1) is 0 Å². The molecule has 0 aliphatic carbocycles. The number of hydrogen-bond acceptors (Lipinski definition) is 2. The molecule has 0 amide bonds. The molecule has 0 fully saturated rings. The van der Waals surface area contributed by atoms with Crippen LogP contribution in [0.1, 0.15) is 32.0 Å². The molecule has 0 aromatic carbocycles. The van der Waals surface area contributed by atoms with Gasteiger partial charge in [0.25, 0.3) is 0 Å². The Morgan fingerprint density at radius 3 is 3.00 bits per heavy atom. The maximum absolute atomic E-state index is 5.49. The lowest BCUT2D eigenvalue weighted by Gasteiger charge is -2.13. The summed E-state index contributed by atoms with van der Waals surface area (Å²) in [6.07, 6.45) is 5.84. The fourth-order valence-corrected chi connectivity index (χ4v) is 1.27. The summed E-state index contributed by atoms with van der Waals surface area (Å²) in [6.45, 7) is 5.07. The van der Waals surface area contributed by atoms with Gasteiger partial charge in [0.1, 0.15) is 0 Å². The lowest BCUT2D eigenvalue weighted by atomic mass is 10.2. The first kappa shape index (κ1) is 9.26. The second kappa shape index (κ2) is 4.26. The normalized spacial score (nSPS) is 13.2. The zero-order chi connectivity index (χ0) is 8.97. The zero-order valence-electron chi connectivity index (χ0n) is 7.83. The van der Waals surface area contributed by atoms with Crippen molar-refractivity contribution >= 4 is 0 Å². The highest BCUT2D eigenvalue weighted by atomic mass is 15.1. The predicted octanol–water partition coefficient (Wildman–Crippen LogP) is 1.36. The van der Waals surface area contributed by atoms with Gasteiger partial charge in [-0.1, -0.05) is 6.92 Å². The highest BCUT2D eigenvalue weighted by Gasteiger charge is 2.05. The Morgan fingerprint density at radius 1 is 1.67 bits per heavy atom. The first-order valence-corrected chi connectivity index (χ1v) is 4.50. The summed E-state index contributed by atoms with van der Waals surface area (Å²) in [5.74, 6) is 0. The van der Waals surface area contributed by atoms with Crippen molar-refractivity contribution in [3.8, 4) is 0 Å². The molecule has 0 saturated carbocycles. The third kappa shape index (κ3) is 1.85. The lowest BCUT2D eigenvalue weighted by Crippen LogP contribution is -2.11. The molecule has 1 heterocycles. The Morgan fingerprint density at radius 2 is 2.42 bits per heavy atom. The molecular formula is C9H17N3. The van der Waals surface area contributed by atoms with Gasteiger partial charge in [0.05, 0.1) is 6.33 Å². The van der Waals surface area contributed by atoms with Crippen molar-refractivity contribution in [2.75, 3.05) is 6.54 Å². The van der Waals surface area contributed by atoms with E-state index >= 15 is 0 Å². The number of aromatic nitrogens is 2. The second-order valence-electron chi connectivity index (χ2n) is 3.09. The number of imidazole rings is 1. The molecule has 0 aliphatic heterocycles. The van der Waals surface area contributed by atoms with Gasteiger partial charge < -0.3 is 10.3 Å². The van der Waals surface area contributed by atoms with Gasteiger partial charge in [-0.05, 0) is 19.9 Å². The van der Waals surface area contributed by atoms with Crippen LogP contribution in [0.3, 0.4) is 0 Å². The monoisotopic (exact) mass is 167 g/mol. The van der Waals surface area contributed by atoms with Crippen molar-refractivity contribution in [2.45, 2.75) is 32.7 Å². The predicted molar refractivity (Wildman–Crippen MR) is 50.0 cm³/mol. The fraction of sp³-hybridized carbons (Fsp3) is 0.667. The zero-order valence-corrected chi connectivity index (χ0v) is 7.83. The number of rotatable bonds is 4. The van der Waals surface area contributed by atoms with E-state index in [-0.39, 0.29) is 0 Å². The third-order valence-electron chi connectivity index (χ3n) is 2.21. The van der Waals surface area contributed by atoms with Gasteiger partial charge in [0.15, 0.2) is 0 Å². The molecule has 68 valence electrons. The molecule has 1 aromatic rings. The van der Waals surface area contributed by atoms with Crippen LogP contribution in [0.15, 0.2) is 12.5 Å². The van der Waals surface area contributed by atoms with Crippen molar-refractivity contribution in [1.82, 2.24) is 9.55 Å². The Bertz CT molecular complexity index is 229. The molecule has 2 N–H and O–H groups in total. The molecule has 3 nitrogen and oxygen atoms in total. The Labute approximate surface area is 73.6 Å². The van der Waals surface area contributed by atoms with Crippen molar-refractivity contribution in [3.05, 3.63) is 18.2 Å². The summed E-state index contributed by atoms with van der Waals surface area (Å²) < 4.78 is 2.20. The highest BCUT2D eigenvalue weighted by molar-refractivity contribution is 5.00. The van der Waals surface area contributed by atoms with E-state index in [2.05, 4.69) is 23.4 Å². The van der Waals surface area contributed by atoms with Crippen LogP contribution in [0.25, 0.3) is 0 Å². The van der Waals surface area contributed by atoms with Gasteiger partial charge >= 0.3 is 0 Å². The summed E-state index contributed by atoms with van der Waals surface area (Å²) in [4.78, 5) is 4.12. The molecule has 0 bridgehead atoms. The van der Waals surface area contributed by atoms with Crippen molar-refractivity contribution < 1.29 is 0 Å². The minimum absolute atomic E-state index is 0.536. The molecule has 1 aromatic heterocycles. The maximum Gasteiger partial charge on any atom is 0.0950 e. The van der Waals surface area contributed by atoms with Crippen molar-refractivity contribution in [2.24, 2.45) is 5.73 Å². The Hall–Kier alpha value is -0.830. The van der Waals surface area contributed by atoms with E-state index in [0.717, 1.165) is 12.8 Å². The minimum Gasteiger partial charge on any atom is -0.332 e. The summed E-state index contributed by atoms with van der Waals surface area (Å²) in [5, 5.41) is 0. The smallest absolute Gasteiger partial charge is 0.0950 e. The Balaban J connectivity index is 2.76. The highest BCUT2D eigenvalue weighted by Crippen LogP contribution is 2.12. The van der Waals surface area contributed by atoms with Crippen LogP contribution in [-0.2, 0) is 6.42 Å². The van der Waals surface area contributed by atoms with E-state index in [0.29, 0.717) is 12.6 Å². The topological polar surface area (TPSA) is 43.8 Å². The van der Waals surface area contributed by atoms with Crippen molar-refractivity contribution in [3.63, 3.8) is 0 Å². The van der Waals surface area contributed by atoms with Gasteiger partial charge in [-0.2, -0.15) is 0 Å². The van der Waals surface area contributed by atoms with Crippen LogP contribution in [0, 0.1) is 0 Å².